The van der Waals surface area contributed by atoms with Gasteiger partial charge in [0.15, 0.2) is 6.20 Å². The predicted octanol–water partition coefficient (Wildman–Crippen LogP) is 0.672. The van der Waals surface area contributed by atoms with Gasteiger partial charge in [0.2, 0.25) is 5.69 Å². The molecule has 0 saturated carbocycles. The molecule has 14 heavy (non-hydrogen) atoms. The van der Waals surface area contributed by atoms with Crippen LogP contribution in [0.15, 0.2) is 31.1 Å². The second-order valence-electron chi connectivity index (χ2n) is 3.13. The quantitative estimate of drug-likeness (QED) is 0.616. The molecular formula is C10H11N4+. The highest BCUT2D eigenvalue weighted by atomic mass is 15.0. The maximum absolute atomic E-state index is 4.24. The average Bonchev–Trinajstić information content (AvgIpc) is 2.20. The highest BCUT2D eigenvalue weighted by Crippen LogP contribution is 2.13. The molecule has 0 aliphatic carbocycles. The summed E-state index contributed by atoms with van der Waals surface area (Å²) in [5.74, 6) is 0. The molecule has 4 heteroatoms. The summed E-state index contributed by atoms with van der Waals surface area (Å²) in [5, 5.41) is 0. The number of hydrogen-bond acceptors (Lipinski definition) is 3. The lowest BCUT2D eigenvalue weighted by atomic mass is 10.2. The summed E-state index contributed by atoms with van der Waals surface area (Å²) < 4.78 is 1.99. The molecule has 2 aromatic heterocycles. The third kappa shape index (κ3) is 1.46. The van der Waals surface area contributed by atoms with E-state index in [0.717, 1.165) is 17.0 Å². The van der Waals surface area contributed by atoms with Crippen LogP contribution < -0.4 is 4.57 Å². The van der Waals surface area contributed by atoms with E-state index in [0.29, 0.717) is 0 Å². The standard InChI is InChI=1S/C10H11N4/c1-8-5-12-7-13-10(8)9-6-11-3-4-14(9)2/h3-7H,1-2H3/q+1. The minimum Gasteiger partial charge on any atom is -0.251 e. The topological polar surface area (TPSA) is 42.6 Å². The molecule has 0 aromatic carbocycles. The van der Waals surface area contributed by atoms with Gasteiger partial charge in [-0.3, -0.25) is 4.98 Å². The molecule has 0 atom stereocenters. The van der Waals surface area contributed by atoms with E-state index in [1.54, 1.807) is 24.9 Å². The molecule has 0 unspecified atom stereocenters. The van der Waals surface area contributed by atoms with Crippen LogP contribution >= 0.6 is 0 Å². The molecule has 0 spiro atoms. The largest absolute Gasteiger partial charge is 0.251 e. The Morgan fingerprint density at radius 3 is 2.79 bits per heavy atom. The van der Waals surface area contributed by atoms with Crippen molar-refractivity contribution < 1.29 is 4.57 Å². The molecule has 2 heterocycles. The van der Waals surface area contributed by atoms with Crippen LogP contribution in [0.1, 0.15) is 5.56 Å². The van der Waals surface area contributed by atoms with Crippen molar-refractivity contribution in [1.82, 2.24) is 15.0 Å². The summed E-state index contributed by atoms with van der Waals surface area (Å²) in [6, 6.07) is 0. The molecule has 70 valence electrons. The van der Waals surface area contributed by atoms with Gasteiger partial charge in [0.25, 0.3) is 0 Å². The van der Waals surface area contributed by atoms with Crippen molar-refractivity contribution in [3.63, 3.8) is 0 Å². The van der Waals surface area contributed by atoms with Crippen LogP contribution in [0.3, 0.4) is 0 Å². The Hall–Kier alpha value is -1.84. The van der Waals surface area contributed by atoms with Gasteiger partial charge in [0.1, 0.15) is 25.3 Å². The zero-order valence-corrected chi connectivity index (χ0v) is 8.18. The number of aryl methyl sites for hydroxylation is 2. The van der Waals surface area contributed by atoms with Gasteiger partial charge in [0, 0.05) is 6.20 Å². The first-order valence-electron chi connectivity index (χ1n) is 4.35. The molecule has 2 aromatic rings. The van der Waals surface area contributed by atoms with E-state index in [1.807, 2.05) is 24.7 Å². The van der Waals surface area contributed by atoms with Crippen molar-refractivity contribution >= 4 is 0 Å². The van der Waals surface area contributed by atoms with Crippen molar-refractivity contribution in [2.75, 3.05) is 0 Å². The third-order valence-electron chi connectivity index (χ3n) is 2.09. The smallest absolute Gasteiger partial charge is 0.249 e. The summed E-state index contributed by atoms with van der Waals surface area (Å²) in [6.45, 7) is 1.99. The molecule has 0 radical (unpaired) electrons. The average molecular weight is 187 g/mol. The fourth-order valence-corrected chi connectivity index (χ4v) is 1.32. The Kier molecular flexibility index (Phi) is 2.18. The first-order chi connectivity index (χ1) is 6.79. The third-order valence-corrected chi connectivity index (χ3v) is 2.09. The van der Waals surface area contributed by atoms with Crippen LogP contribution in [0.25, 0.3) is 11.4 Å². The monoisotopic (exact) mass is 187 g/mol. The summed E-state index contributed by atoms with van der Waals surface area (Å²) >= 11 is 0. The van der Waals surface area contributed by atoms with E-state index in [4.69, 9.17) is 0 Å². The number of aromatic nitrogens is 4. The molecule has 2 rings (SSSR count). The van der Waals surface area contributed by atoms with Gasteiger partial charge in [-0.05, 0) is 12.5 Å². The van der Waals surface area contributed by atoms with Gasteiger partial charge in [-0.1, -0.05) is 0 Å². The first kappa shape index (κ1) is 8.74. The van der Waals surface area contributed by atoms with E-state index in [1.165, 1.54) is 0 Å². The molecule has 0 aliphatic heterocycles. The van der Waals surface area contributed by atoms with Gasteiger partial charge in [-0.2, -0.15) is 4.57 Å². The molecule has 0 bridgehead atoms. The number of hydrogen-bond donors (Lipinski definition) is 0. The summed E-state index contributed by atoms with van der Waals surface area (Å²) in [6.07, 6.45) is 8.80. The minimum atomic E-state index is 0.926. The Balaban J connectivity index is 2.61. The van der Waals surface area contributed by atoms with Gasteiger partial charge in [-0.15, -0.1) is 0 Å². The van der Waals surface area contributed by atoms with Crippen LogP contribution in [0.2, 0.25) is 0 Å². The second kappa shape index (κ2) is 3.49. The van der Waals surface area contributed by atoms with Crippen molar-refractivity contribution in [3.05, 3.63) is 36.7 Å². The summed E-state index contributed by atoms with van der Waals surface area (Å²) in [7, 11) is 1.97. The molecule has 0 saturated heterocycles. The van der Waals surface area contributed by atoms with Gasteiger partial charge in [-0.25, -0.2) is 9.97 Å². The molecule has 0 fully saturated rings. The van der Waals surface area contributed by atoms with Gasteiger partial charge >= 0.3 is 0 Å². The lowest BCUT2D eigenvalue weighted by molar-refractivity contribution is -0.661. The Morgan fingerprint density at radius 2 is 2.07 bits per heavy atom. The van der Waals surface area contributed by atoms with Crippen LogP contribution in [0.5, 0.6) is 0 Å². The van der Waals surface area contributed by atoms with E-state index < -0.39 is 0 Å². The zero-order valence-electron chi connectivity index (χ0n) is 8.18. The highest BCUT2D eigenvalue weighted by Gasteiger charge is 2.12. The van der Waals surface area contributed by atoms with Crippen molar-refractivity contribution in [1.29, 1.82) is 0 Å². The molecular weight excluding hydrogens is 176 g/mol. The normalized spacial score (nSPS) is 10.1. The fourth-order valence-electron chi connectivity index (χ4n) is 1.32. The molecule has 0 N–H and O–H groups in total. The minimum absolute atomic E-state index is 0.926. The SMILES string of the molecule is Cc1cncnc1-c1cncc[n+]1C. The lowest BCUT2D eigenvalue weighted by Gasteiger charge is -2.00. The van der Waals surface area contributed by atoms with E-state index in [9.17, 15) is 0 Å². The van der Waals surface area contributed by atoms with Crippen LogP contribution in [-0.4, -0.2) is 15.0 Å². The van der Waals surface area contributed by atoms with Gasteiger partial charge in [0.05, 0.1) is 6.20 Å². The van der Waals surface area contributed by atoms with E-state index >= 15 is 0 Å². The fraction of sp³-hybridized carbons (Fsp3) is 0.200. The molecule has 0 amide bonds. The van der Waals surface area contributed by atoms with E-state index in [2.05, 4.69) is 15.0 Å². The highest BCUT2D eigenvalue weighted by molar-refractivity contribution is 5.52. The van der Waals surface area contributed by atoms with Crippen LogP contribution in [-0.2, 0) is 7.05 Å². The predicted molar refractivity (Wildman–Crippen MR) is 51.2 cm³/mol. The first-order valence-corrected chi connectivity index (χ1v) is 4.35. The summed E-state index contributed by atoms with van der Waals surface area (Å²) in [4.78, 5) is 12.3. The van der Waals surface area contributed by atoms with Crippen LogP contribution in [0, 0.1) is 6.92 Å². The Morgan fingerprint density at radius 1 is 1.21 bits per heavy atom. The molecule has 4 nitrogen and oxygen atoms in total. The van der Waals surface area contributed by atoms with Gasteiger partial charge < -0.3 is 0 Å². The van der Waals surface area contributed by atoms with Crippen molar-refractivity contribution in [2.24, 2.45) is 7.05 Å². The zero-order chi connectivity index (χ0) is 9.97. The maximum Gasteiger partial charge on any atom is 0.249 e. The number of rotatable bonds is 1. The van der Waals surface area contributed by atoms with E-state index in [-0.39, 0.29) is 0 Å². The van der Waals surface area contributed by atoms with Crippen LogP contribution in [0.4, 0.5) is 0 Å². The molecule has 0 aliphatic rings. The second-order valence-corrected chi connectivity index (χ2v) is 3.13. The lowest BCUT2D eigenvalue weighted by Crippen LogP contribution is -2.31. The Labute approximate surface area is 82.3 Å². The maximum atomic E-state index is 4.24. The number of nitrogens with zero attached hydrogens (tertiary/aromatic N) is 4. The van der Waals surface area contributed by atoms with Crippen molar-refractivity contribution in [3.8, 4) is 11.4 Å². The Bertz CT molecular complexity index is 410. The summed E-state index contributed by atoms with van der Waals surface area (Å²) in [5.41, 5.74) is 2.97. The van der Waals surface area contributed by atoms with Crippen molar-refractivity contribution in [2.45, 2.75) is 6.92 Å².